The minimum Gasteiger partial charge on any atom is -0.493 e. The maximum Gasteiger partial charge on any atom is 0.338 e. The second kappa shape index (κ2) is 8.67. The van der Waals surface area contributed by atoms with Crippen molar-refractivity contribution in [3.05, 3.63) is 54.1 Å². The molecule has 144 valence electrons. The lowest BCUT2D eigenvalue weighted by atomic mass is 10.2. The highest BCUT2D eigenvalue weighted by Gasteiger charge is 2.15. The lowest BCUT2D eigenvalue weighted by Gasteiger charge is -2.09. The van der Waals surface area contributed by atoms with E-state index in [1.165, 1.54) is 26.4 Å². The largest absolute Gasteiger partial charge is 0.493 e. The van der Waals surface area contributed by atoms with Crippen LogP contribution in [0.5, 0.6) is 11.5 Å². The van der Waals surface area contributed by atoms with Gasteiger partial charge < -0.3 is 18.6 Å². The van der Waals surface area contributed by atoms with Crippen molar-refractivity contribution in [1.29, 1.82) is 0 Å². The van der Waals surface area contributed by atoms with Gasteiger partial charge in [-0.05, 0) is 30.3 Å². The van der Waals surface area contributed by atoms with Crippen LogP contribution >= 0.6 is 0 Å². The van der Waals surface area contributed by atoms with Crippen LogP contribution in [0, 0.1) is 0 Å². The average molecular weight is 383 g/mol. The predicted octanol–water partition coefficient (Wildman–Crippen LogP) is 2.55. The van der Waals surface area contributed by atoms with Crippen molar-refractivity contribution in [1.82, 2.24) is 10.2 Å². The Labute approximate surface area is 160 Å². The molecule has 2 aromatic carbocycles. The summed E-state index contributed by atoms with van der Waals surface area (Å²) < 4.78 is 20.6. The zero-order valence-corrected chi connectivity index (χ0v) is 15.2. The molecule has 0 bridgehead atoms. The number of benzene rings is 2. The summed E-state index contributed by atoms with van der Waals surface area (Å²) >= 11 is 0. The van der Waals surface area contributed by atoms with E-state index in [0.717, 1.165) is 5.56 Å². The van der Waals surface area contributed by atoms with Crippen LogP contribution in [0.15, 0.2) is 52.9 Å². The van der Waals surface area contributed by atoms with Gasteiger partial charge in [-0.15, -0.1) is 5.10 Å². The fourth-order valence-corrected chi connectivity index (χ4v) is 2.30. The van der Waals surface area contributed by atoms with Crippen LogP contribution in [0.4, 0.5) is 6.01 Å². The summed E-state index contributed by atoms with van der Waals surface area (Å²) in [4.78, 5) is 24.1. The van der Waals surface area contributed by atoms with E-state index in [0.29, 0.717) is 11.5 Å². The van der Waals surface area contributed by atoms with Gasteiger partial charge in [0.2, 0.25) is 5.89 Å². The summed E-state index contributed by atoms with van der Waals surface area (Å²) in [6.45, 7) is -0.518. The number of nitrogens with one attached hydrogen (secondary N) is 1. The number of anilines is 1. The van der Waals surface area contributed by atoms with Gasteiger partial charge in [0.1, 0.15) is 0 Å². The van der Waals surface area contributed by atoms with Gasteiger partial charge in [-0.3, -0.25) is 10.1 Å². The van der Waals surface area contributed by atoms with Crippen molar-refractivity contribution >= 4 is 17.9 Å². The van der Waals surface area contributed by atoms with E-state index >= 15 is 0 Å². The minimum atomic E-state index is -0.688. The minimum absolute atomic E-state index is 0.0916. The van der Waals surface area contributed by atoms with Crippen LogP contribution in [0.25, 0.3) is 11.5 Å². The lowest BCUT2D eigenvalue weighted by molar-refractivity contribution is -0.119. The zero-order valence-electron chi connectivity index (χ0n) is 15.2. The number of ether oxygens (including phenoxy) is 3. The van der Waals surface area contributed by atoms with Crippen molar-refractivity contribution < 1.29 is 28.2 Å². The Bertz CT molecular complexity index is 971. The Hall–Kier alpha value is -3.88. The quantitative estimate of drug-likeness (QED) is 0.620. The number of carbonyl (C=O) groups is 2. The number of carbonyl (C=O) groups excluding carboxylic acids is 2. The van der Waals surface area contributed by atoms with Crippen LogP contribution in [0.3, 0.4) is 0 Å². The molecule has 1 heterocycles. The highest BCUT2D eigenvalue weighted by molar-refractivity contribution is 5.94. The Morgan fingerprint density at radius 1 is 1.00 bits per heavy atom. The summed E-state index contributed by atoms with van der Waals surface area (Å²) in [5, 5.41) is 9.97. The van der Waals surface area contributed by atoms with E-state index in [1.807, 2.05) is 18.2 Å². The Morgan fingerprint density at radius 3 is 2.46 bits per heavy atom. The summed E-state index contributed by atoms with van der Waals surface area (Å²) in [6, 6.07) is 13.5. The molecule has 0 aliphatic heterocycles. The van der Waals surface area contributed by atoms with Gasteiger partial charge in [-0.1, -0.05) is 23.3 Å². The molecule has 0 saturated heterocycles. The maximum atomic E-state index is 12.1. The number of rotatable bonds is 7. The highest BCUT2D eigenvalue weighted by Crippen LogP contribution is 2.27. The van der Waals surface area contributed by atoms with Crippen LogP contribution in [-0.2, 0) is 9.53 Å². The van der Waals surface area contributed by atoms with E-state index in [1.54, 1.807) is 18.2 Å². The predicted molar refractivity (Wildman–Crippen MR) is 98.2 cm³/mol. The van der Waals surface area contributed by atoms with Gasteiger partial charge in [0.05, 0.1) is 19.8 Å². The number of hydrogen-bond donors (Lipinski definition) is 1. The van der Waals surface area contributed by atoms with Crippen molar-refractivity contribution in [2.24, 2.45) is 0 Å². The molecule has 1 N–H and O–H groups in total. The van der Waals surface area contributed by atoms with Gasteiger partial charge in [-0.25, -0.2) is 4.79 Å². The molecular formula is C19H17N3O6. The number of esters is 1. The average Bonchev–Trinajstić information content (AvgIpc) is 3.20. The van der Waals surface area contributed by atoms with E-state index in [-0.39, 0.29) is 17.5 Å². The third kappa shape index (κ3) is 4.44. The van der Waals surface area contributed by atoms with Gasteiger partial charge >= 0.3 is 12.0 Å². The fourth-order valence-electron chi connectivity index (χ4n) is 2.30. The van der Waals surface area contributed by atoms with Crippen molar-refractivity contribution in [3.63, 3.8) is 0 Å². The van der Waals surface area contributed by atoms with E-state index in [2.05, 4.69) is 15.5 Å². The summed E-state index contributed by atoms with van der Waals surface area (Å²) in [6.07, 6.45) is 0. The Kier molecular flexibility index (Phi) is 5.85. The third-order valence-corrected chi connectivity index (χ3v) is 3.65. The van der Waals surface area contributed by atoms with Crippen molar-refractivity contribution in [2.75, 3.05) is 26.1 Å². The second-order valence-corrected chi connectivity index (χ2v) is 5.47. The second-order valence-electron chi connectivity index (χ2n) is 5.47. The fraction of sp³-hybridized carbons (Fsp3) is 0.158. The molecule has 9 nitrogen and oxygen atoms in total. The standard InChI is InChI=1S/C19H17N3O6/c1-25-14-9-8-13(10-15(14)26-2)18(24)27-11-16(23)20-19-22-21-17(28-19)12-6-4-3-5-7-12/h3-10H,11H2,1-2H3,(H,20,22,23). The first-order valence-electron chi connectivity index (χ1n) is 8.18. The first-order valence-corrected chi connectivity index (χ1v) is 8.18. The molecular weight excluding hydrogens is 366 g/mol. The number of methoxy groups -OCH3 is 2. The van der Waals surface area contributed by atoms with Gasteiger partial charge in [0, 0.05) is 5.56 Å². The molecule has 0 spiro atoms. The molecule has 0 atom stereocenters. The van der Waals surface area contributed by atoms with Crippen LogP contribution in [-0.4, -0.2) is 42.9 Å². The van der Waals surface area contributed by atoms with Gasteiger partial charge in [0.15, 0.2) is 18.1 Å². The number of nitrogens with zero attached hydrogens (tertiary/aromatic N) is 2. The summed E-state index contributed by atoms with van der Waals surface area (Å²) in [5.41, 5.74) is 0.935. The Morgan fingerprint density at radius 2 is 1.75 bits per heavy atom. The molecule has 0 radical (unpaired) electrons. The molecule has 0 fully saturated rings. The SMILES string of the molecule is COc1ccc(C(=O)OCC(=O)Nc2nnc(-c3ccccc3)o2)cc1OC. The molecule has 0 aliphatic rings. The zero-order chi connectivity index (χ0) is 19.9. The molecule has 3 rings (SSSR count). The van der Waals surface area contributed by atoms with Crippen LogP contribution in [0.2, 0.25) is 0 Å². The molecule has 3 aromatic rings. The normalized spacial score (nSPS) is 10.2. The first kappa shape index (κ1) is 18.9. The van der Waals surface area contributed by atoms with Crippen LogP contribution in [0.1, 0.15) is 10.4 Å². The Balaban J connectivity index is 1.56. The molecule has 28 heavy (non-hydrogen) atoms. The van der Waals surface area contributed by atoms with Crippen molar-refractivity contribution in [3.8, 4) is 23.0 Å². The molecule has 0 saturated carbocycles. The van der Waals surface area contributed by atoms with Crippen molar-refractivity contribution in [2.45, 2.75) is 0 Å². The number of aromatic nitrogens is 2. The lowest BCUT2D eigenvalue weighted by Crippen LogP contribution is -2.21. The molecule has 0 aliphatic carbocycles. The third-order valence-electron chi connectivity index (χ3n) is 3.65. The topological polar surface area (TPSA) is 113 Å². The molecule has 1 aromatic heterocycles. The van der Waals surface area contributed by atoms with Gasteiger partial charge in [0.25, 0.3) is 5.91 Å². The monoisotopic (exact) mass is 383 g/mol. The number of amides is 1. The highest BCUT2D eigenvalue weighted by atomic mass is 16.5. The number of hydrogen-bond acceptors (Lipinski definition) is 8. The molecule has 0 unspecified atom stereocenters. The molecule has 9 heteroatoms. The first-order chi connectivity index (χ1) is 13.6. The maximum absolute atomic E-state index is 12.1. The smallest absolute Gasteiger partial charge is 0.338 e. The van der Waals surface area contributed by atoms with Crippen LogP contribution < -0.4 is 14.8 Å². The van der Waals surface area contributed by atoms with E-state index in [4.69, 9.17) is 18.6 Å². The van der Waals surface area contributed by atoms with Gasteiger partial charge in [-0.2, -0.15) is 0 Å². The van der Waals surface area contributed by atoms with E-state index in [9.17, 15) is 9.59 Å². The summed E-state index contributed by atoms with van der Waals surface area (Å²) in [7, 11) is 2.94. The molecule has 1 amide bonds. The summed E-state index contributed by atoms with van der Waals surface area (Å²) in [5.74, 6) is -0.190. The van der Waals surface area contributed by atoms with E-state index < -0.39 is 18.5 Å².